The lowest BCUT2D eigenvalue weighted by molar-refractivity contribution is 0.622. The fourth-order valence-electron chi connectivity index (χ4n) is 3.56. The number of thiophene rings is 1. The van der Waals surface area contributed by atoms with Crippen molar-refractivity contribution in [3.63, 3.8) is 0 Å². The summed E-state index contributed by atoms with van der Waals surface area (Å²) >= 11 is 1.66. The average molecular weight is 358 g/mol. The first kappa shape index (κ1) is 16.6. The number of nitrogens with zero attached hydrogens (tertiary/aromatic N) is 3. The molecular weight excluding hydrogens is 340 g/mol. The highest BCUT2D eigenvalue weighted by molar-refractivity contribution is 7.16. The van der Waals surface area contributed by atoms with Crippen LogP contribution in [0.3, 0.4) is 0 Å². The predicted octanol–water partition coefficient (Wildman–Crippen LogP) is 5.38. The van der Waals surface area contributed by atoms with Gasteiger partial charge in [0.2, 0.25) is 0 Å². The molecule has 0 saturated carbocycles. The van der Waals surface area contributed by atoms with Crippen molar-refractivity contribution in [3.05, 3.63) is 51.5 Å². The van der Waals surface area contributed by atoms with Gasteiger partial charge in [0.25, 0.3) is 0 Å². The van der Waals surface area contributed by atoms with Gasteiger partial charge in [0.05, 0.1) is 17.2 Å². The Morgan fingerprint density at radius 2 is 1.92 bits per heavy atom. The van der Waals surface area contributed by atoms with E-state index in [0.29, 0.717) is 5.56 Å². The summed E-state index contributed by atoms with van der Waals surface area (Å²) in [4.78, 5) is 9.20. The van der Waals surface area contributed by atoms with Gasteiger partial charge < -0.3 is 4.98 Å². The number of hydrogen-bond acceptors (Lipinski definition) is 4. The van der Waals surface area contributed by atoms with Crippen LogP contribution in [0.25, 0.3) is 10.9 Å². The maximum absolute atomic E-state index is 9.66. The fourth-order valence-corrected chi connectivity index (χ4v) is 4.74. The number of fused-ring (bicyclic) bond motifs is 2. The average Bonchev–Trinajstić information content (AvgIpc) is 3.19. The lowest BCUT2D eigenvalue weighted by atomic mass is 9.97. The first-order valence-electron chi connectivity index (χ1n) is 8.90. The number of aromatic nitrogens is 1. The highest BCUT2D eigenvalue weighted by atomic mass is 32.1. The number of nitriles is 2. The minimum atomic E-state index is 0.628. The van der Waals surface area contributed by atoms with Gasteiger partial charge in [0.15, 0.2) is 0 Å². The number of rotatable bonds is 2. The van der Waals surface area contributed by atoms with Crippen LogP contribution in [0.1, 0.15) is 52.8 Å². The van der Waals surface area contributed by atoms with Crippen molar-refractivity contribution in [3.8, 4) is 12.1 Å². The summed E-state index contributed by atoms with van der Waals surface area (Å²) in [6, 6.07) is 10.1. The molecule has 2 heterocycles. The molecule has 0 radical (unpaired) electrons. The molecule has 0 bridgehead atoms. The molecule has 128 valence electrons. The number of nitrogens with one attached hydrogen (secondary N) is 1. The van der Waals surface area contributed by atoms with Crippen LogP contribution in [0, 0.1) is 22.7 Å². The molecule has 0 saturated heterocycles. The molecular formula is C21H18N4S. The van der Waals surface area contributed by atoms with E-state index in [-0.39, 0.29) is 0 Å². The van der Waals surface area contributed by atoms with Crippen LogP contribution in [0.15, 0.2) is 29.4 Å². The van der Waals surface area contributed by atoms with E-state index in [0.717, 1.165) is 46.3 Å². The van der Waals surface area contributed by atoms with Gasteiger partial charge in [0, 0.05) is 33.8 Å². The lowest BCUT2D eigenvalue weighted by Gasteiger charge is -2.08. The van der Waals surface area contributed by atoms with Crippen LogP contribution in [0.4, 0.5) is 5.00 Å². The summed E-state index contributed by atoms with van der Waals surface area (Å²) in [6.07, 6.45) is 10.6. The summed E-state index contributed by atoms with van der Waals surface area (Å²) < 4.78 is 0. The van der Waals surface area contributed by atoms with Gasteiger partial charge in [-0.05, 0) is 49.4 Å². The van der Waals surface area contributed by atoms with E-state index in [9.17, 15) is 5.26 Å². The molecule has 1 aliphatic carbocycles. The zero-order valence-corrected chi connectivity index (χ0v) is 15.2. The minimum Gasteiger partial charge on any atom is -0.361 e. The molecule has 1 N–H and O–H groups in total. The third kappa shape index (κ3) is 3.03. The molecule has 1 aromatic carbocycles. The fraction of sp³-hybridized carbons (Fsp3) is 0.286. The van der Waals surface area contributed by atoms with Gasteiger partial charge in [0.1, 0.15) is 11.1 Å². The zero-order valence-electron chi connectivity index (χ0n) is 14.4. The van der Waals surface area contributed by atoms with Crippen molar-refractivity contribution in [1.29, 1.82) is 10.5 Å². The molecule has 4 rings (SSSR count). The number of aliphatic imine (C=N–C) groups is 1. The number of aromatic amines is 1. The largest absolute Gasteiger partial charge is 0.361 e. The van der Waals surface area contributed by atoms with Gasteiger partial charge in [-0.15, -0.1) is 11.3 Å². The molecule has 5 heteroatoms. The molecule has 3 aromatic rings. The Morgan fingerprint density at radius 3 is 2.73 bits per heavy atom. The summed E-state index contributed by atoms with van der Waals surface area (Å²) in [5.41, 5.74) is 4.51. The van der Waals surface area contributed by atoms with Crippen molar-refractivity contribution in [2.45, 2.75) is 38.5 Å². The van der Waals surface area contributed by atoms with E-state index in [1.807, 2.05) is 18.3 Å². The number of benzene rings is 1. The first-order valence-corrected chi connectivity index (χ1v) is 9.71. The third-order valence-corrected chi connectivity index (χ3v) is 6.13. The maximum Gasteiger partial charge on any atom is 0.134 e. The Labute approximate surface area is 156 Å². The van der Waals surface area contributed by atoms with Gasteiger partial charge in [-0.2, -0.15) is 10.5 Å². The molecule has 0 atom stereocenters. The molecule has 26 heavy (non-hydrogen) atoms. The van der Waals surface area contributed by atoms with Crippen molar-refractivity contribution in [2.75, 3.05) is 0 Å². The van der Waals surface area contributed by atoms with Crippen LogP contribution in [0.5, 0.6) is 0 Å². The van der Waals surface area contributed by atoms with Crippen LogP contribution >= 0.6 is 11.3 Å². The Balaban J connectivity index is 1.72. The van der Waals surface area contributed by atoms with E-state index in [2.05, 4.69) is 22.1 Å². The van der Waals surface area contributed by atoms with E-state index < -0.39 is 0 Å². The minimum absolute atomic E-state index is 0.628. The zero-order chi connectivity index (χ0) is 17.9. The standard InChI is InChI=1S/C21H18N4S/c22-10-14-7-8-19-17(9-14)15(12-24-19)13-25-21-18(11-23)16-5-3-1-2-4-6-20(16)26-21/h7-9,12-13,24H,1-6H2/b25-13+. The summed E-state index contributed by atoms with van der Waals surface area (Å²) in [5, 5.41) is 20.6. The molecule has 0 amide bonds. The van der Waals surface area contributed by atoms with Gasteiger partial charge >= 0.3 is 0 Å². The normalized spacial score (nSPS) is 14.5. The quantitative estimate of drug-likeness (QED) is 0.624. The third-order valence-electron chi connectivity index (χ3n) is 4.93. The summed E-state index contributed by atoms with van der Waals surface area (Å²) in [6.45, 7) is 0. The number of aryl methyl sites for hydroxylation is 1. The Kier molecular flexibility index (Phi) is 4.56. The molecule has 4 nitrogen and oxygen atoms in total. The highest BCUT2D eigenvalue weighted by Gasteiger charge is 2.18. The van der Waals surface area contributed by atoms with Crippen LogP contribution < -0.4 is 0 Å². The molecule has 0 fully saturated rings. The van der Waals surface area contributed by atoms with E-state index in [1.54, 1.807) is 23.6 Å². The van der Waals surface area contributed by atoms with E-state index >= 15 is 0 Å². The van der Waals surface area contributed by atoms with E-state index in [4.69, 9.17) is 5.26 Å². The first-order chi connectivity index (χ1) is 12.8. The lowest BCUT2D eigenvalue weighted by Crippen LogP contribution is -1.97. The molecule has 0 unspecified atom stereocenters. The van der Waals surface area contributed by atoms with Crippen LogP contribution in [-0.2, 0) is 12.8 Å². The smallest absolute Gasteiger partial charge is 0.134 e. The molecule has 0 aliphatic heterocycles. The predicted molar refractivity (Wildman–Crippen MR) is 105 cm³/mol. The van der Waals surface area contributed by atoms with Crippen LogP contribution in [-0.4, -0.2) is 11.2 Å². The second-order valence-corrected chi connectivity index (χ2v) is 7.67. The number of H-pyrrole nitrogens is 1. The van der Waals surface area contributed by atoms with Gasteiger partial charge in [-0.25, -0.2) is 4.99 Å². The van der Waals surface area contributed by atoms with Crippen molar-refractivity contribution in [1.82, 2.24) is 4.98 Å². The second-order valence-electron chi connectivity index (χ2n) is 6.58. The highest BCUT2D eigenvalue weighted by Crippen LogP contribution is 2.38. The second kappa shape index (κ2) is 7.15. The molecule has 1 aliphatic rings. The maximum atomic E-state index is 9.66. The SMILES string of the molecule is N#Cc1ccc2[nH]cc(/C=N/c3sc4c(c3C#N)CCCCCC4)c2c1. The number of hydrogen-bond donors (Lipinski definition) is 1. The summed E-state index contributed by atoms with van der Waals surface area (Å²) in [7, 11) is 0. The molecule has 0 spiro atoms. The monoisotopic (exact) mass is 358 g/mol. The molecule has 2 aromatic heterocycles. The Hall–Kier alpha value is -2.89. The topological polar surface area (TPSA) is 75.7 Å². The van der Waals surface area contributed by atoms with Crippen molar-refractivity contribution < 1.29 is 0 Å². The van der Waals surface area contributed by atoms with Gasteiger partial charge in [-0.1, -0.05) is 12.8 Å². The van der Waals surface area contributed by atoms with Crippen molar-refractivity contribution >= 4 is 33.5 Å². The van der Waals surface area contributed by atoms with E-state index in [1.165, 1.54) is 29.7 Å². The summed E-state index contributed by atoms with van der Waals surface area (Å²) in [5.74, 6) is 0. The Morgan fingerprint density at radius 1 is 1.08 bits per heavy atom. The Bertz CT molecular complexity index is 1070. The van der Waals surface area contributed by atoms with Gasteiger partial charge in [-0.3, -0.25) is 0 Å². The van der Waals surface area contributed by atoms with Crippen LogP contribution in [0.2, 0.25) is 0 Å². The van der Waals surface area contributed by atoms with Crippen molar-refractivity contribution in [2.24, 2.45) is 4.99 Å².